The zero-order valence-corrected chi connectivity index (χ0v) is 6.27. The van der Waals surface area contributed by atoms with Crippen molar-refractivity contribution < 1.29 is 4.42 Å². The molecule has 60 valence electrons. The molecule has 0 spiro atoms. The Morgan fingerprint density at radius 3 is 2.83 bits per heavy atom. The number of oxazole rings is 1. The summed E-state index contributed by atoms with van der Waals surface area (Å²) in [6.07, 6.45) is 4.97. The van der Waals surface area contributed by atoms with Gasteiger partial charge in [0.05, 0.1) is 6.20 Å². The highest BCUT2D eigenvalue weighted by molar-refractivity contribution is 5.55. The van der Waals surface area contributed by atoms with Crippen LogP contribution in [0.15, 0.2) is 35.1 Å². The van der Waals surface area contributed by atoms with E-state index in [-0.39, 0.29) is 6.01 Å². The molecule has 0 amide bonds. The molecule has 0 radical (unpaired) electrons. The number of nitrogen functional groups attached to an aromatic ring is 1. The standard InChI is InChI=1S/C8H7N3O/c9-8-11-5-7(12-8)6-2-1-3-10-4-6/h1-5H,(H2,9,11). The summed E-state index contributed by atoms with van der Waals surface area (Å²) in [6, 6.07) is 3.88. The second kappa shape index (κ2) is 2.65. The first kappa shape index (κ1) is 6.84. The van der Waals surface area contributed by atoms with E-state index < -0.39 is 0 Å². The number of anilines is 1. The van der Waals surface area contributed by atoms with E-state index in [1.54, 1.807) is 18.6 Å². The second-order valence-electron chi connectivity index (χ2n) is 2.30. The fourth-order valence-corrected chi connectivity index (χ4v) is 0.930. The number of nitrogens with two attached hydrogens (primary N) is 1. The molecule has 2 rings (SSSR count). The van der Waals surface area contributed by atoms with Crippen LogP contribution in [0.25, 0.3) is 11.3 Å². The minimum absolute atomic E-state index is 0.175. The topological polar surface area (TPSA) is 64.9 Å². The van der Waals surface area contributed by atoms with Gasteiger partial charge in [0.1, 0.15) is 0 Å². The average Bonchev–Trinajstić information content (AvgIpc) is 2.54. The highest BCUT2D eigenvalue weighted by Crippen LogP contribution is 2.19. The van der Waals surface area contributed by atoms with E-state index in [2.05, 4.69) is 9.97 Å². The van der Waals surface area contributed by atoms with E-state index >= 15 is 0 Å². The number of nitrogens with zero attached hydrogens (tertiary/aromatic N) is 2. The summed E-state index contributed by atoms with van der Waals surface area (Å²) in [5.41, 5.74) is 6.19. The van der Waals surface area contributed by atoms with Crippen molar-refractivity contribution in [3.05, 3.63) is 30.7 Å². The van der Waals surface area contributed by atoms with Crippen molar-refractivity contribution in [2.75, 3.05) is 5.73 Å². The largest absolute Gasteiger partial charge is 0.424 e. The van der Waals surface area contributed by atoms with Gasteiger partial charge in [0.2, 0.25) is 0 Å². The molecule has 0 atom stereocenters. The molecular formula is C8H7N3O. The molecule has 0 bridgehead atoms. The van der Waals surface area contributed by atoms with Crippen molar-refractivity contribution in [1.29, 1.82) is 0 Å². The van der Waals surface area contributed by atoms with E-state index in [1.165, 1.54) is 0 Å². The fraction of sp³-hybridized carbons (Fsp3) is 0. The first-order chi connectivity index (χ1) is 5.86. The number of aromatic nitrogens is 2. The van der Waals surface area contributed by atoms with Crippen LogP contribution in [-0.4, -0.2) is 9.97 Å². The Morgan fingerprint density at radius 1 is 1.33 bits per heavy atom. The van der Waals surface area contributed by atoms with Gasteiger partial charge in [0, 0.05) is 18.0 Å². The number of pyridine rings is 1. The maximum Gasteiger partial charge on any atom is 0.292 e. The lowest BCUT2D eigenvalue weighted by atomic mass is 10.2. The van der Waals surface area contributed by atoms with Crippen LogP contribution >= 0.6 is 0 Å². The van der Waals surface area contributed by atoms with Gasteiger partial charge in [-0.3, -0.25) is 4.98 Å². The summed E-state index contributed by atoms with van der Waals surface area (Å²) in [4.78, 5) is 7.72. The lowest BCUT2D eigenvalue weighted by molar-refractivity contribution is 0.594. The van der Waals surface area contributed by atoms with E-state index in [1.807, 2.05) is 12.1 Å². The third-order valence-corrected chi connectivity index (χ3v) is 1.47. The quantitative estimate of drug-likeness (QED) is 0.685. The molecule has 4 nitrogen and oxygen atoms in total. The maximum atomic E-state index is 5.32. The third kappa shape index (κ3) is 1.14. The zero-order chi connectivity index (χ0) is 8.39. The second-order valence-corrected chi connectivity index (χ2v) is 2.30. The molecule has 4 heteroatoms. The van der Waals surface area contributed by atoms with Crippen LogP contribution in [0.1, 0.15) is 0 Å². The Morgan fingerprint density at radius 2 is 2.25 bits per heavy atom. The van der Waals surface area contributed by atoms with Crippen LogP contribution in [-0.2, 0) is 0 Å². The predicted octanol–water partition coefficient (Wildman–Crippen LogP) is 1.32. The summed E-state index contributed by atoms with van der Waals surface area (Å²) in [5.74, 6) is 0.639. The zero-order valence-electron chi connectivity index (χ0n) is 6.27. The van der Waals surface area contributed by atoms with Crippen LogP contribution in [0.3, 0.4) is 0 Å². The van der Waals surface area contributed by atoms with Gasteiger partial charge in [-0.15, -0.1) is 0 Å². The smallest absolute Gasteiger partial charge is 0.292 e. The van der Waals surface area contributed by atoms with Gasteiger partial charge in [-0.25, -0.2) is 4.98 Å². The van der Waals surface area contributed by atoms with Crippen molar-refractivity contribution in [2.24, 2.45) is 0 Å². The molecule has 2 heterocycles. The SMILES string of the molecule is Nc1ncc(-c2cccnc2)o1. The minimum atomic E-state index is 0.175. The Kier molecular flexibility index (Phi) is 1.51. The molecule has 2 aromatic heterocycles. The van der Waals surface area contributed by atoms with Gasteiger partial charge in [-0.05, 0) is 12.1 Å². The Bertz CT molecular complexity index is 369. The van der Waals surface area contributed by atoms with Gasteiger partial charge in [-0.2, -0.15) is 0 Å². The fourth-order valence-electron chi connectivity index (χ4n) is 0.930. The predicted molar refractivity (Wildman–Crippen MR) is 44.1 cm³/mol. The van der Waals surface area contributed by atoms with E-state index in [0.717, 1.165) is 5.56 Å². The number of rotatable bonds is 1. The van der Waals surface area contributed by atoms with Crippen LogP contribution in [0.2, 0.25) is 0 Å². The van der Waals surface area contributed by atoms with Crippen molar-refractivity contribution in [2.45, 2.75) is 0 Å². The van der Waals surface area contributed by atoms with Crippen LogP contribution in [0.4, 0.5) is 6.01 Å². The Balaban J connectivity index is 2.45. The molecule has 0 aliphatic rings. The molecule has 0 fully saturated rings. The molecule has 2 N–H and O–H groups in total. The van der Waals surface area contributed by atoms with Gasteiger partial charge in [-0.1, -0.05) is 0 Å². The van der Waals surface area contributed by atoms with Gasteiger partial charge < -0.3 is 10.2 Å². The first-order valence-corrected chi connectivity index (χ1v) is 3.48. The van der Waals surface area contributed by atoms with Crippen molar-refractivity contribution >= 4 is 6.01 Å². The molecule has 0 aromatic carbocycles. The van der Waals surface area contributed by atoms with E-state index in [4.69, 9.17) is 10.2 Å². The molecular weight excluding hydrogens is 154 g/mol. The lowest BCUT2D eigenvalue weighted by Crippen LogP contribution is -1.80. The lowest BCUT2D eigenvalue weighted by Gasteiger charge is -1.91. The minimum Gasteiger partial charge on any atom is -0.424 e. The molecule has 0 aliphatic heterocycles. The van der Waals surface area contributed by atoms with Crippen molar-refractivity contribution in [3.8, 4) is 11.3 Å². The van der Waals surface area contributed by atoms with E-state index in [0.29, 0.717) is 5.76 Å². The molecule has 0 saturated heterocycles. The van der Waals surface area contributed by atoms with Crippen LogP contribution in [0.5, 0.6) is 0 Å². The molecule has 12 heavy (non-hydrogen) atoms. The van der Waals surface area contributed by atoms with E-state index in [9.17, 15) is 0 Å². The molecule has 0 unspecified atom stereocenters. The normalized spacial score (nSPS) is 10.0. The summed E-state index contributed by atoms with van der Waals surface area (Å²) in [7, 11) is 0. The summed E-state index contributed by atoms with van der Waals surface area (Å²) in [6.45, 7) is 0. The summed E-state index contributed by atoms with van der Waals surface area (Å²) in [5, 5.41) is 0. The molecule has 0 aliphatic carbocycles. The van der Waals surface area contributed by atoms with Crippen molar-refractivity contribution in [3.63, 3.8) is 0 Å². The Hall–Kier alpha value is -1.84. The van der Waals surface area contributed by atoms with Crippen LogP contribution in [0, 0.1) is 0 Å². The molecule has 0 saturated carbocycles. The van der Waals surface area contributed by atoms with Crippen molar-refractivity contribution in [1.82, 2.24) is 9.97 Å². The average molecular weight is 161 g/mol. The first-order valence-electron chi connectivity index (χ1n) is 3.48. The molecule has 2 aromatic rings. The Labute approximate surface area is 69.1 Å². The van der Waals surface area contributed by atoms with Crippen LogP contribution < -0.4 is 5.73 Å². The monoisotopic (exact) mass is 161 g/mol. The number of hydrogen-bond acceptors (Lipinski definition) is 4. The summed E-state index contributed by atoms with van der Waals surface area (Å²) >= 11 is 0. The maximum absolute atomic E-state index is 5.32. The number of hydrogen-bond donors (Lipinski definition) is 1. The van der Waals surface area contributed by atoms with Gasteiger partial charge in [0.25, 0.3) is 6.01 Å². The van der Waals surface area contributed by atoms with Gasteiger partial charge in [0.15, 0.2) is 5.76 Å². The van der Waals surface area contributed by atoms with Gasteiger partial charge >= 0.3 is 0 Å². The highest BCUT2D eigenvalue weighted by atomic mass is 16.4. The third-order valence-electron chi connectivity index (χ3n) is 1.47. The summed E-state index contributed by atoms with van der Waals surface area (Å²) < 4.78 is 5.10. The highest BCUT2D eigenvalue weighted by Gasteiger charge is 2.01.